The molecule has 78 valence electrons. The molecule has 0 radical (unpaired) electrons. The first-order valence-electron chi connectivity index (χ1n) is 4.59. The van der Waals surface area contributed by atoms with E-state index in [-0.39, 0.29) is 0 Å². The molecule has 1 aromatic carbocycles. The van der Waals surface area contributed by atoms with Gasteiger partial charge in [0.1, 0.15) is 0 Å². The third-order valence-corrected chi connectivity index (χ3v) is 2.28. The van der Waals surface area contributed by atoms with Crippen molar-refractivity contribution in [3.63, 3.8) is 0 Å². The molecule has 5 nitrogen and oxygen atoms in total. The van der Waals surface area contributed by atoms with Gasteiger partial charge >= 0.3 is 6.03 Å². The molecule has 0 spiro atoms. The number of aromatic amines is 1. The van der Waals surface area contributed by atoms with Crippen molar-refractivity contribution < 1.29 is 4.79 Å². The van der Waals surface area contributed by atoms with Gasteiger partial charge in [-0.15, -0.1) is 0 Å². The predicted octanol–water partition coefficient (Wildman–Crippen LogP) is 1.07. The van der Waals surface area contributed by atoms with Crippen LogP contribution in [0.15, 0.2) is 24.5 Å². The van der Waals surface area contributed by atoms with Crippen molar-refractivity contribution in [3.05, 3.63) is 30.1 Å². The second kappa shape index (κ2) is 3.61. The van der Waals surface area contributed by atoms with E-state index in [2.05, 4.69) is 9.97 Å². The van der Waals surface area contributed by atoms with Crippen LogP contribution in [-0.4, -0.2) is 27.9 Å². The molecule has 1 aromatic heterocycles. The molecule has 2 amide bonds. The van der Waals surface area contributed by atoms with Crippen LogP contribution >= 0.6 is 0 Å². The van der Waals surface area contributed by atoms with Crippen molar-refractivity contribution in [1.29, 1.82) is 0 Å². The van der Waals surface area contributed by atoms with Crippen LogP contribution in [0.25, 0.3) is 11.0 Å². The van der Waals surface area contributed by atoms with Crippen LogP contribution in [0.5, 0.6) is 0 Å². The summed E-state index contributed by atoms with van der Waals surface area (Å²) in [5.41, 5.74) is 8.05. The SMILES string of the molecule is CN(Cc1ccc2nc[nH]c2c1)C(N)=O. The van der Waals surface area contributed by atoms with E-state index in [0.29, 0.717) is 6.54 Å². The summed E-state index contributed by atoms with van der Waals surface area (Å²) in [5, 5.41) is 0. The normalized spacial score (nSPS) is 10.5. The number of hydrogen-bond donors (Lipinski definition) is 2. The highest BCUT2D eigenvalue weighted by Gasteiger charge is 2.05. The highest BCUT2D eigenvalue weighted by molar-refractivity contribution is 5.75. The number of hydrogen-bond acceptors (Lipinski definition) is 2. The number of nitrogens with two attached hydrogens (primary N) is 1. The highest BCUT2D eigenvalue weighted by Crippen LogP contribution is 2.12. The number of urea groups is 1. The molecule has 2 aromatic rings. The number of carbonyl (C=O) groups is 1. The lowest BCUT2D eigenvalue weighted by Crippen LogP contribution is -2.31. The number of rotatable bonds is 2. The van der Waals surface area contributed by atoms with Crippen molar-refractivity contribution in [1.82, 2.24) is 14.9 Å². The van der Waals surface area contributed by atoms with Gasteiger partial charge < -0.3 is 15.6 Å². The van der Waals surface area contributed by atoms with Crippen LogP contribution < -0.4 is 5.73 Å². The maximum absolute atomic E-state index is 10.8. The largest absolute Gasteiger partial charge is 0.351 e. The third-order valence-electron chi connectivity index (χ3n) is 2.28. The number of carbonyl (C=O) groups excluding carboxylic acids is 1. The Morgan fingerprint density at radius 2 is 2.40 bits per heavy atom. The lowest BCUT2D eigenvalue weighted by molar-refractivity contribution is 0.216. The molecule has 0 fully saturated rings. The number of aromatic nitrogens is 2. The lowest BCUT2D eigenvalue weighted by atomic mass is 10.2. The molecular weight excluding hydrogens is 192 g/mol. The molecule has 0 aliphatic heterocycles. The smallest absolute Gasteiger partial charge is 0.314 e. The number of imidazole rings is 1. The maximum atomic E-state index is 10.8. The van der Waals surface area contributed by atoms with Crippen LogP contribution in [0.4, 0.5) is 4.79 Å². The second-order valence-electron chi connectivity index (χ2n) is 3.45. The van der Waals surface area contributed by atoms with E-state index in [1.807, 2.05) is 18.2 Å². The molecule has 0 aliphatic rings. The minimum atomic E-state index is -0.431. The number of fused-ring (bicyclic) bond motifs is 1. The average molecular weight is 204 g/mol. The van der Waals surface area contributed by atoms with Gasteiger partial charge in [0, 0.05) is 13.6 Å². The predicted molar refractivity (Wildman–Crippen MR) is 57.1 cm³/mol. The Kier molecular flexibility index (Phi) is 2.29. The highest BCUT2D eigenvalue weighted by atomic mass is 16.2. The Hall–Kier alpha value is -2.04. The summed E-state index contributed by atoms with van der Waals surface area (Å²) >= 11 is 0. The summed E-state index contributed by atoms with van der Waals surface area (Å²) in [6, 6.07) is 5.38. The lowest BCUT2D eigenvalue weighted by Gasteiger charge is -2.13. The zero-order valence-corrected chi connectivity index (χ0v) is 8.40. The second-order valence-corrected chi connectivity index (χ2v) is 3.45. The summed E-state index contributed by atoms with van der Waals surface area (Å²) in [7, 11) is 1.67. The van der Waals surface area contributed by atoms with Gasteiger partial charge in [-0.1, -0.05) is 6.07 Å². The number of nitrogens with one attached hydrogen (secondary N) is 1. The van der Waals surface area contributed by atoms with Gasteiger partial charge in [-0.2, -0.15) is 0 Å². The number of amides is 2. The molecule has 0 saturated carbocycles. The van der Waals surface area contributed by atoms with Gasteiger partial charge in [0.25, 0.3) is 0 Å². The van der Waals surface area contributed by atoms with Gasteiger partial charge in [0.05, 0.1) is 17.4 Å². The molecule has 0 saturated heterocycles. The van der Waals surface area contributed by atoms with Gasteiger partial charge in [-0.05, 0) is 17.7 Å². The van der Waals surface area contributed by atoms with Gasteiger partial charge in [-0.3, -0.25) is 0 Å². The minimum absolute atomic E-state index is 0.431. The molecule has 0 aliphatic carbocycles. The van der Waals surface area contributed by atoms with Gasteiger partial charge in [0.2, 0.25) is 0 Å². The number of benzene rings is 1. The Labute approximate surface area is 86.9 Å². The third kappa shape index (κ3) is 1.90. The van der Waals surface area contributed by atoms with E-state index < -0.39 is 6.03 Å². The Morgan fingerprint density at radius 1 is 1.60 bits per heavy atom. The summed E-state index contributed by atoms with van der Waals surface area (Å²) in [4.78, 5) is 19.4. The minimum Gasteiger partial charge on any atom is -0.351 e. The summed E-state index contributed by atoms with van der Waals surface area (Å²) in [6.45, 7) is 0.504. The molecule has 0 bridgehead atoms. The first-order valence-corrected chi connectivity index (χ1v) is 4.59. The van der Waals surface area contributed by atoms with E-state index in [1.54, 1.807) is 13.4 Å². The average Bonchev–Trinajstić information content (AvgIpc) is 2.64. The molecule has 3 N–H and O–H groups in total. The molecule has 1 heterocycles. The summed E-state index contributed by atoms with van der Waals surface area (Å²) in [5.74, 6) is 0. The van der Waals surface area contributed by atoms with Crippen molar-refractivity contribution in [2.75, 3.05) is 7.05 Å². The van der Waals surface area contributed by atoms with Gasteiger partial charge in [-0.25, -0.2) is 9.78 Å². The van der Waals surface area contributed by atoms with Crippen molar-refractivity contribution in [2.45, 2.75) is 6.54 Å². The maximum Gasteiger partial charge on any atom is 0.314 e. The molecule has 5 heteroatoms. The van der Waals surface area contributed by atoms with E-state index in [1.165, 1.54) is 4.90 Å². The first kappa shape index (κ1) is 9.51. The number of primary amides is 1. The first-order chi connectivity index (χ1) is 7.16. The molecule has 0 atom stereocenters. The van der Waals surface area contributed by atoms with E-state index in [9.17, 15) is 4.79 Å². The quantitative estimate of drug-likeness (QED) is 0.767. The zero-order chi connectivity index (χ0) is 10.8. The Bertz CT molecular complexity index is 491. The monoisotopic (exact) mass is 204 g/mol. The van der Waals surface area contributed by atoms with Crippen LogP contribution in [0.1, 0.15) is 5.56 Å². The molecule has 15 heavy (non-hydrogen) atoms. The Balaban J connectivity index is 2.24. The molecule has 0 unspecified atom stereocenters. The fraction of sp³-hybridized carbons (Fsp3) is 0.200. The Morgan fingerprint density at radius 3 is 3.13 bits per heavy atom. The van der Waals surface area contributed by atoms with Crippen LogP contribution in [0, 0.1) is 0 Å². The topological polar surface area (TPSA) is 75.0 Å². The summed E-state index contributed by atoms with van der Waals surface area (Å²) < 4.78 is 0. The number of nitrogens with zero attached hydrogens (tertiary/aromatic N) is 2. The van der Waals surface area contributed by atoms with Crippen LogP contribution in [0.2, 0.25) is 0 Å². The van der Waals surface area contributed by atoms with Crippen LogP contribution in [0.3, 0.4) is 0 Å². The van der Waals surface area contributed by atoms with Crippen LogP contribution in [-0.2, 0) is 6.54 Å². The summed E-state index contributed by atoms with van der Waals surface area (Å²) in [6.07, 6.45) is 1.65. The van der Waals surface area contributed by atoms with Crippen molar-refractivity contribution in [2.24, 2.45) is 5.73 Å². The van der Waals surface area contributed by atoms with E-state index >= 15 is 0 Å². The van der Waals surface area contributed by atoms with E-state index in [4.69, 9.17) is 5.73 Å². The van der Waals surface area contributed by atoms with Crippen molar-refractivity contribution >= 4 is 17.1 Å². The molecular formula is C10H12N4O. The molecule has 2 rings (SSSR count). The number of H-pyrrole nitrogens is 1. The van der Waals surface area contributed by atoms with E-state index in [0.717, 1.165) is 16.6 Å². The van der Waals surface area contributed by atoms with Crippen molar-refractivity contribution in [3.8, 4) is 0 Å². The fourth-order valence-electron chi connectivity index (χ4n) is 1.43. The zero-order valence-electron chi connectivity index (χ0n) is 8.40. The fourth-order valence-corrected chi connectivity index (χ4v) is 1.43. The van der Waals surface area contributed by atoms with Gasteiger partial charge in [0.15, 0.2) is 0 Å². The standard InChI is InChI=1S/C10H12N4O/c1-14(10(11)15)5-7-2-3-8-9(4-7)13-6-12-8/h2-4,6H,5H2,1H3,(H2,11,15)(H,12,13).